The van der Waals surface area contributed by atoms with Gasteiger partial charge in [-0.15, -0.1) is 12.4 Å². The molecular formula is C10H14ClNO2. The van der Waals surface area contributed by atoms with E-state index in [-0.39, 0.29) is 12.4 Å². The lowest BCUT2D eigenvalue weighted by Gasteiger charge is -2.28. The third kappa shape index (κ3) is 1.94. The Bertz CT molecular complexity index is 313. The summed E-state index contributed by atoms with van der Waals surface area (Å²) in [6, 6.07) is 5.62. The Morgan fingerprint density at radius 2 is 2.21 bits per heavy atom. The second kappa shape index (κ2) is 4.53. The summed E-state index contributed by atoms with van der Waals surface area (Å²) in [6.07, 6.45) is 1.08. The van der Waals surface area contributed by atoms with Crippen molar-refractivity contribution >= 4 is 12.4 Å². The molecular weight excluding hydrogens is 202 g/mol. The van der Waals surface area contributed by atoms with Crippen LogP contribution >= 0.6 is 12.4 Å². The number of benzene rings is 1. The lowest BCUT2D eigenvalue weighted by molar-refractivity contribution is 0.359. The zero-order valence-corrected chi connectivity index (χ0v) is 8.80. The van der Waals surface area contributed by atoms with Crippen LogP contribution in [0.2, 0.25) is 0 Å². The van der Waals surface area contributed by atoms with Crippen molar-refractivity contribution in [1.29, 1.82) is 0 Å². The van der Waals surface area contributed by atoms with Crippen molar-refractivity contribution in [1.82, 2.24) is 5.32 Å². The summed E-state index contributed by atoms with van der Waals surface area (Å²) in [5, 5.41) is 12.8. The fraction of sp³-hybridized carbons (Fsp3) is 0.400. The molecule has 4 heteroatoms. The van der Waals surface area contributed by atoms with Crippen molar-refractivity contribution in [2.24, 2.45) is 0 Å². The number of hydrogen-bond acceptors (Lipinski definition) is 3. The van der Waals surface area contributed by atoms with Crippen LogP contribution in [0.3, 0.4) is 0 Å². The van der Waals surface area contributed by atoms with Crippen molar-refractivity contribution in [2.75, 3.05) is 13.7 Å². The average molecular weight is 216 g/mol. The zero-order chi connectivity index (χ0) is 9.26. The fourth-order valence-corrected chi connectivity index (χ4v) is 1.49. The molecule has 1 atom stereocenters. The SMILES string of the molecule is COc1ccc(O)c([C@H]2CCN2)c1.Cl. The summed E-state index contributed by atoms with van der Waals surface area (Å²) in [4.78, 5) is 0. The Hall–Kier alpha value is -0.930. The maximum atomic E-state index is 9.57. The first kappa shape index (κ1) is 11.1. The number of aromatic hydroxyl groups is 1. The number of ether oxygens (including phenoxy) is 1. The molecule has 0 aliphatic carbocycles. The van der Waals surface area contributed by atoms with Crippen molar-refractivity contribution in [3.63, 3.8) is 0 Å². The Morgan fingerprint density at radius 1 is 1.50 bits per heavy atom. The summed E-state index contributed by atoms with van der Waals surface area (Å²) in [5.74, 6) is 1.14. The molecule has 2 N–H and O–H groups in total. The number of hydrogen-bond donors (Lipinski definition) is 2. The van der Waals surface area contributed by atoms with Gasteiger partial charge < -0.3 is 15.2 Å². The zero-order valence-electron chi connectivity index (χ0n) is 7.99. The quantitative estimate of drug-likeness (QED) is 0.792. The number of methoxy groups -OCH3 is 1. The van der Waals surface area contributed by atoms with Gasteiger partial charge in [-0.25, -0.2) is 0 Å². The topological polar surface area (TPSA) is 41.5 Å². The van der Waals surface area contributed by atoms with E-state index >= 15 is 0 Å². The molecule has 1 aromatic carbocycles. The van der Waals surface area contributed by atoms with Crippen molar-refractivity contribution in [3.8, 4) is 11.5 Å². The van der Waals surface area contributed by atoms with Gasteiger partial charge in [-0.05, 0) is 31.2 Å². The van der Waals surface area contributed by atoms with Crippen molar-refractivity contribution in [3.05, 3.63) is 23.8 Å². The second-order valence-corrected chi connectivity index (χ2v) is 3.22. The minimum atomic E-state index is 0. The molecule has 0 amide bonds. The van der Waals surface area contributed by atoms with Crippen LogP contribution in [0.25, 0.3) is 0 Å². The fourth-order valence-electron chi connectivity index (χ4n) is 1.49. The monoisotopic (exact) mass is 215 g/mol. The largest absolute Gasteiger partial charge is 0.508 e. The van der Waals surface area contributed by atoms with Gasteiger partial charge in [0.2, 0.25) is 0 Å². The smallest absolute Gasteiger partial charge is 0.120 e. The highest BCUT2D eigenvalue weighted by atomic mass is 35.5. The molecule has 1 heterocycles. The lowest BCUT2D eigenvalue weighted by atomic mass is 9.97. The first-order valence-corrected chi connectivity index (χ1v) is 4.41. The minimum absolute atomic E-state index is 0. The van der Waals surface area contributed by atoms with E-state index in [0.717, 1.165) is 24.3 Å². The molecule has 1 aliphatic rings. The minimum Gasteiger partial charge on any atom is -0.508 e. The van der Waals surface area contributed by atoms with E-state index in [2.05, 4.69) is 5.32 Å². The molecule has 1 aliphatic heterocycles. The van der Waals surface area contributed by atoms with Gasteiger partial charge in [0.05, 0.1) is 7.11 Å². The molecule has 0 aromatic heterocycles. The Kier molecular flexibility index (Phi) is 3.61. The molecule has 0 bridgehead atoms. The summed E-state index contributed by atoms with van der Waals surface area (Å²) in [6.45, 7) is 1.03. The highest BCUT2D eigenvalue weighted by Crippen LogP contribution is 2.32. The molecule has 0 spiro atoms. The summed E-state index contributed by atoms with van der Waals surface area (Å²) >= 11 is 0. The standard InChI is InChI=1S/C10H13NO2.ClH/c1-13-7-2-3-10(12)8(6-7)9-4-5-11-9;/h2-3,6,9,11-12H,4-5H2,1H3;1H/t9-;/m1./s1. The lowest BCUT2D eigenvalue weighted by Crippen LogP contribution is -2.34. The Labute approximate surface area is 89.5 Å². The first-order chi connectivity index (χ1) is 6.31. The normalized spacial score (nSPS) is 19.4. The molecule has 1 aromatic rings. The molecule has 0 saturated carbocycles. The maximum absolute atomic E-state index is 9.57. The molecule has 1 saturated heterocycles. The Morgan fingerprint density at radius 3 is 2.71 bits per heavy atom. The van der Waals surface area contributed by atoms with Gasteiger partial charge >= 0.3 is 0 Å². The van der Waals surface area contributed by atoms with Crippen LogP contribution in [0, 0.1) is 0 Å². The van der Waals surface area contributed by atoms with E-state index in [1.165, 1.54) is 0 Å². The van der Waals surface area contributed by atoms with E-state index in [4.69, 9.17) is 4.74 Å². The van der Waals surface area contributed by atoms with Crippen LogP contribution in [-0.4, -0.2) is 18.8 Å². The van der Waals surface area contributed by atoms with Gasteiger partial charge in [0.15, 0.2) is 0 Å². The van der Waals surface area contributed by atoms with Gasteiger partial charge in [-0.1, -0.05) is 0 Å². The van der Waals surface area contributed by atoms with E-state index in [9.17, 15) is 5.11 Å². The van der Waals surface area contributed by atoms with E-state index in [1.807, 2.05) is 6.07 Å². The molecule has 14 heavy (non-hydrogen) atoms. The van der Waals surface area contributed by atoms with Crippen LogP contribution in [0.15, 0.2) is 18.2 Å². The van der Waals surface area contributed by atoms with Gasteiger partial charge in [-0.3, -0.25) is 0 Å². The maximum Gasteiger partial charge on any atom is 0.120 e. The van der Waals surface area contributed by atoms with Gasteiger partial charge in [0, 0.05) is 11.6 Å². The molecule has 0 radical (unpaired) electrons. The average Bonchev–Trinajstić information content (AvgIpc) is 2.06. The van der Waals surface area contributed by atoms with Crippen LogP contribution in [0.5, 0.6) is 11.5 Å². The highest BCUT2D eigenvalue weighted by Gasteiger charge is 2.21. The third-order valence-corrected chi connectivity index (χ3v) is 2.43. The summed E-state index contributed by atoms with van der Waals surface area (Å²) < 4.78 is 5.09. The highest BCUT2D eigenvalue weighted by molar-refractivity contribution is 5.85. The molecule has 78 valence electrons. The van der Waals surface area contributed by atoms with Crippen LogP contribution in [-0.2, 0) is 0 Å². The number of nitrogens with one attached hydrogen (secondary N) is 1. The van der Waals surface area contributed by atoms with E-state index in [0.29, 0.717) is 11.8 Å². The van der Waals surface area contributed by atoms with Crippen LogP contribution < -0.4 is 10.1 Å². The number of phenolic OH excluding ortho intramolecular Hbond substituents is 1. The van der Waals surface area contributed by atoms with E-state index in [1.54, 1.807) is 19.2 Å². The molecule has 2 rings (SSSR count). The Balaban J connectivity index is 0.000000980. The predicted molar refractivity (Wildman–Crippen MR) is 57.3 cm³/mol. The molecule has 1 fully saturated rings. The van der Waals surface area contributed by atoms with Gasteiger partial charge in [0.25, 0.3) is 0 Å². The van der Waals surface area contributed by atoms with Crippen LogP contribution in [0.4, 0.5) is 0 Å². The second-order valence-electron chi connectivity index (χ2n) is 3.22. The predicted octanol–water partition coefficient (Wildman–Crippen LogP) is 1.86. The number of halogens is 1. The third-order valence-electron chi connectivity index (χ3n) is 2.43. The van der Waals surface area contributed by atoms with E-state index < -0.39 is 0 Å². The molecule has 0 unspecified atom stereocenters. The summed E-state index contributed by atoms with van der Waals surface area (Å²) in [5.41, 5.74) is 0.936. The molecule has 3 nitrogen and oxygen atoms in total. The van der Waals surface area contributed by atoms with Crippen LogP contribution in [0.1, 0.15) is 18.0 Å². The van der Waals surface area contributed by atoms with Crippen molar-refractivity contribution in [2.45, 2.75) is 12.5 Å². The number of phenols is 1. The first-order valence-electron chi connectivity index (χ1n) is 4.41. The number of rotatable bonds is 2. The summed E-state index contributed by atoms with van der Waals surface area (Å²) in [7, 11) is 1.63. The van der Waals surface area contributed by atoms with Crippen molar-refractivity contribution < 1.29 is 9.84 Å². The van der Waals surface area contributed by atoms with Gasteiger partial charge in [-0.2, -0.15) is 0 Å². The van der Waals surface area contributed by atoms with Gasteiger partial charge in [0.1, 0.15) is 11.5 Å².